The Morgan fingerprint density at radius 2 is 1.12 bits per heavy atom. The molecule has 8 rings (SSSR count). The summed E-state index contributed by atoms with van der Waals surface area (Å²) in [5.74, 6) is 0.592. The fraction of sp³-hybridized carbons (Fsp3) is 0.358. The first-order chi connectivity index (χ1) is 25.4. The number of hydrogen-bond donors (Lipinski definition) is 0. The molecule has 56 heavy (non-hydrogen) atoms. The molecule has 0 amide bonds. The Balaban J connectivity index is 0.000000196. The fourth-order valence-electron chi connectivity index (χ4n) is 8.39. The van der Waals surface area contributed by atoms with Crippen LogP contribution in [0.5, 0.6) is 0 Å². The summed E-state index contributed by atoms with van der Waals surface area (Å²) in [5.41, 5.74) is 16.0. The molecular weight excluding hydrogens is 799 g/mol. The predicted octanol–water partition coefficient (Wildman–Crippen LogP) is 8.67. The van der Waals surface area contributed by atoms with E-state index in [9.17, 15) is 0 Å². The third kappa shape index (κ3) is 9.83. The average Bonchev–Trinajstić information content (AvgIpc) is 3.84. The molecule has 0 saturated carbocycles. The van der Waals surface area contributed by atoms with Gasteiger partial charge in [-0.3, -0.25) is 6.08 Å². The quantitative estimate of drug-likeness (QED) is 0.155. The summed E-state index contributed by atoms with van der Waals surface area (Å²) < 4.78 is 1.42. The van der Waals surface area contributed by atoms with Crippen LogP contribution < -0.4 is 24.8 Å². The van der Waals surface area contributed by atoms with Crippen LogP contribution in [0.2, 0.25) is 0 Å². The molecular formula is C53H60Cl2Zr-2. The molecule has 0 bridgehead atoms. The molecule has 5 aromatic carbocycles. The van der Waals surface area contributed by atoms with Crippen LogP contribution in [0.25, 0.3) is 32.7 Å². The largest absolute Gasteiger partial charge is 1.00 e. The molecule has 0 aromatic heterocycles. The topological polar surface area (TPSA) is 0 Å². The normalized spacial score (nSPS) is 17.0. The van der Waals surface area contributed by atoms with Crippen molar-refractivity contribution in [1.82, 2.24) is 0 Å². The van der Waals surface area contributed by atoms with Crippen LogP contribution in [-0.2, 0) is 35.1 Å². The van der Waals surface area contributed by atoms with Gasteiger partial charge in [0.05, 0.1) is 0 Å². The molecule has 0 saturated heterocycles. The molecule has 3 heteroatoms. The Hall–Kier alpha value is -2.96. The molecule has 0 nitrogen and oxygen atoms in total. The first-order valence-electron chi connectivity index (χ1n) is 20.0. The van der Waals surface area contributed by atoms with Gasteiger partial charge in [-0.2, -0.15) is 11.6 Å². The molecule has 0 aliphatic heterocycles. The Kier molecular flexibility index (Phi) is 14.6. The van der Waals surface area contributed by atoms with Gasteiger partial charge in [0.15, 0.2) is 0 Å². The van der Waals surface area contributed by atoms with Crippen molar-refractivity contribution >= 4 is 35.9 Å². The van der Waals surface area contributed by atoms with E-state index in [-0.39, 0.29) is 35.6 Å². The monoisotopic (exact) mass is 856 g/mol. The summed E-state index contributed by atoms with van der Waals surface area (Å²) >= 11 is 1.46. The van der Waals surface area contributed by atoms with Crippen molar-refractivity contribution in [2.24, 2.45) is 11.3 Å². The molecule has 5 aromatic rings. The van der Waals surface area contributed by atoms with E-state index in [0.717, 1.165) is 0 Å². The first kappa shape index (κ1) is 45.7. The number of rotatable bonds is 5. The van der Waals surface area contributed by atoms with Gasteiger partial charge < -0.3 is 24.8 Å². The van der Waals surface area contributed by atoms with E-state index in [1.807, 2.05) is 0 Å². The number of fused-ring (bicyclic) bond motifs is 5. The Labute approximate surface area is 366 Å². The third-order valence-electron chi connectivity index (χ3n) is 11.6. The Morgan fingerprint density at radius 1 is 0.696 bits per heavy atom. The smallest absolute Gasteiger partial charge is 1.00 e. The molecule has 3 aliphatic rings. The SMILES string of the molecule is CC1=CC(C)(C)c2cc3[cH-]c4cc5c(cc4c3cc21)C(C)=CC5(C)C.CCCCC1[C-]=CC(C(C)(C)C)=C1.Cc1ccc([C](=[Zr+2])c2ccc(C)cc2)cc1.[Cl-].[Cl-]. The maximum absolute atomic E-state index is 3.43. The summed E-state index contributed by atoms with van der Waals surface area (Å²) in [6.45, 7) is 27.1. The van der Waals surface area contributed by atoms with Crippen molar-refractivity contribution in [2.45, 2.75) is 113 Å². The zero-order valence-electron chi connectivity index (χ0n) is 35.8. The van der Waals surface area contributed by atoms with Crippen LogP contribution in [0.3, 0.4) is 0 Å². The standard InChI is InChI=1S/C25H25.C15H14.C13H21.2ClH.Zr/c1-14-12-24(3,4)22-8-16-7-17-9-23-19(15(2)13-25(23,5)6)11-21(17)20(16)10-18(14)22;1-12-3-7-14(8-4-12)11-15-9-5-13(2)6-10-15;1-5-6-7-11-8-9-12(10-11)13(2,3)4;;;/h7-13H,1-6H3;3-10H,1-2H3;9-11H,5-7H2,1-4H3;2*1H;/q-1;;-1;;;+2/p-2. The van der Waals surface area contributed by atoms with Gasteiger partial charge >= 0.3 is 112 Å². The van der Waals surface area contributed by atoms with Gasteiger partial charge in [-0.05, 0) is 36.1 Å². The molecule has 0 radical (unpaired) electrons. The van der Waals surface area contributed by atoms with Crippen molar-refractivity contribution < 1.29 is 49.0 Å². The molecule has 0 spiro atoms. The van der Waals surface area contributed by atoms with Crippen molar-refractivity contribution in [3.05, 3.63) is 159 Å². The van der Waals surface area contributed by atoms with Crippen LogP contribution in [0.1, 0.15) is 133 Å². The summed E-state index contributed by atoms with van der Waals surface area (Å²) in [7, 11) is 0. The van der Waals surface area contributed by atoms with Crippen LogP contribution in [0.4, 0.5) is 0 Å². The van der Waals surface area contributed by atoms with Crippen LogP contribution in [0, 0.1) is 31.3 Å². The van der Waals surface area contributed by atoms with E-state index in [4.69, 9.17) is 0 Å². The molecule has 0 fully saturated rings. The number of aryl methyl sites for hydroxylation is 2. The molecule has 0 N–H and O–H groups in total. The first-order valence-corrected chi connectivity index (χ1v) is 21.3. The number of halogens is 2. The molecule has 1 unspecified atom stereocenters. The van der Waals surface area contributed by atoms with Crippen molar-refractivity contribution in [3.63, 3.8) is 0 Å². The number of hydrogen-bond acceptors (Lipinski definition) is 0. The van der Waals surface area contributed by atoms with Crippen molar-refractivity contribution in [3.8, 4) is 0 Å². The van der Waals surface area contributed by atoms with E-state index in [0.29, 0.717) is 11.3 Å². The Bertz CT molecular complexity index is 2190. The number of unbranched alkanes of at least 4 members (excludes halogenated alkanes) is 1. The van der Waals surface area contributed by atoms with Crippen LogP contribution in [0.15, 0.2) is 109 Å². The van der Waals surface area contributed by atoms with Crippen LogP contribution in [-0.4, -0.2) is 3.21 Å². The van der Waals surface area contributed by atoms with Gasteiger partial charge in [0.1, 0.15) is 0 Å². The zero-order chi connectivity index (χ0) is 39.2. The minimum atomic E-state index is 0. The predicted molar refractivity (Wildman–Crippen MR) is 234 cm³/mol. The second-order valence-corrected chi connectivity index (χ2v) is 19.5. The molecule has 3 aliphatic carbocycles. The van der Waals surface area contributed by atoms with E-state index >= 15 is 0 Å². The summed E-state index contributed by atoms with van der Waals surface area (Å²) in [6, 6.07) is 29.6. The third-order valence-corrected chi connectivity index (χ3v) is 13.0. The average molecular weight is 859 g/mol. The summed E-state index contributed by atoms with van der Waals surface area (Å²) in [5, 5.41) is 5.57. The van der Waals surface area contributed by atoms with Gasteiger partial charge in [-0.1, -0.05) is 121 Å². The zero-order valence-corrected chi connectivity index (χ0v) is 39.7. The molecule has 0 heterocycles. The summed E-state index contributed by atoms with van der Waals surface area (Å²) in [6.07, 6.45) is 16.7. The second-order valence-electron chi connectivity index (χ2n) is 18.3. The van der Waals surface area contributed by atoms with E-state index in [1.165, 1.54) is 129 Å². The minimum absolute atomic E-state index is 0. The maximum Gasteiger partial charge on any atom is -1.00 e. The molecule has 292 valence electrons. The number of benzene rings is 4. The van der Waals surface area contributed by atoms with Gasteiger partial charge in [-0.15, -0.1) is 39.7 Å². The number of allylic oxidation sites excluding steroid dienone is 8. The van der Waals surface area contributed by atoms with E-state index in [1.54, 1.807) is 0 Å². The second kappa shape index (κ2) is 17.9. The van der Waals surface area contributed by atoms with E-state index < -0.39 is 0 Å². The van der Waals surface area contributed by atoms with Crippen LogP contribution >= 0.6 is 0 Å². The minimum Gasteiger partial charge on any atom is -1.00 e. The van der Waals surface area contributed by atoms with Crippen molar-refractivity contribution in [1.29, 1.82) is 0 Å². The van der Waals surface area contributed by atoms with Gasteiger partial charge in [0, 0.05) is 10.8 Å². The molecule has 1 atom stereocenters. The van der Waals surface area contributed by atoms with Gasteiger partial charge in [-0.25, -0.2) is 6.08 Å². The fourth-order valence-corrected chi connectivity index (χ4v) is 9.21. The maximum atomic E-state index is 3.43. The van der Waals surface area contributed by atoms with Crippen molar-refractivity contribution in [2.75, 3.05) is 0 Å². The van der Waals surface area contributed by atoms with E-state index in [2.05, 4.69) is 192 Å². The van der Waals surface area contributed by atoms with Gasteiger partial charge in [0.25, 0.3) is 0 Å². The Morgan fingerprint density at radius 3 is 1.50 bits per heavy atom. The summed E-state index contributed by atoms with van der Waals surface area (Å²) in [4.78, 5) is 0. The van der Waals surface area contributed by atoms with Gasteiger partial charge in [0.2, 0.25) is 0 Å².